The van der Waals surface area contributed by atoms with E-state index in [0.29, 0.717) is 10.6 Å². The summed E-state index contributed by atoms with van der Waals surface area (Å²) in [5, 5.41) is 1.83. The van der Waals surface area contributed by atoms with Gasteiger partial charge >= 0.3 is 0 Å². The van der Waals surface area contributed by atoms with Gasteiger partial charge < -0.3 is 4.90 Å². The number of rotatable bonds is 5. The molecule has 0 saturated carbocycles. The minimum absolute atomic E-state index is 0.0258. The van der Waals surface area contributed by atoms with Crippen LogP contribution in [-0.4, -0.2) is 28.7 Å². The van der Waals surface area contributed by atoms with Crippen molar-refractivity contribution in [3.63, 3.8) is 0 Å². The maximum atomic E-state index is 13.4. The predicted octanol–water partition coefficient (Wildman–Crippen LogP) is 4.28. The van der Waals surface area contributed by atoms with Gasteiger partial charge in [-0.3, -0.25) is 14.4 Å². The molecule has 146 valence electrons. The lowest BCUT2D eigenvalue weighted by Gasteiger charge is -2.33. The third-order valence-corrected chi connectivity index (χ3v) is 6.00. The van der Waals surface area contributed by atoms with Crippen molar-refractivity contribution in [3.05, 3.63) is 88.6 Å². The van der Waals surface area contributed by atoms with E-state index in [1.54, 1.807) is 41.3 Å². The Kier molecular flexibility index (Phi) is 5.27. The summed E-state index contributed by atoms with van der Waals surface area (Å²) in [4.78, 5) is 42.7. The van der Waals surface area contributed by atoms with E-state index in [4.69, 9.17) is 0 Å². The van der Waals surface area contributed by atoms with E-state index in [2.05, 4.69) is 0 Å². The molecule has 2 atom stereocenters. The highest BCUT2D eigenvalue weighted by Crippen LogP contribution is 2.32. The molecule has 1 aliphatic rings. The second-order valence-electron chi connectivity index (χ2n) is 6.90. The molecule has 1 fully saturated rings. The highest BCUT2D eigenvalue weighted by molar-refractivity contribution is 7.12. The molecular formula is C23H20N2O3S. The number of nitrogens with zero attached hydrogens (tertiary/aromatic N) is 2. The van der Waals surface area contributed by atoms with Crippen molar-refractivity contribution in [2.45, 2.75) is 25.4 Å². The third kappa shape index (κ3) is 3.59. The lowest BCUT2D eigenvalue weighted by Crippen LogP contribution is -2.46. The Labute approximate surface area is 173 Å². The second kappa shape index (κ2) is 8.01. The summed E-state index contributed by atoms with van der Waals surface area (Å²) in [5.41, 5.74) is 1.44. The van der Waals surface area contributed by atoms with Crippen LogP contribution >= 0.6 is 11.3 Å². The summed E-state index contributed by atoms with van der Waals surface area (Å²) in [6.45, 7) is 1.89. The topological polar surface area (TPSA) is 57.7 Å². The van der Waals surface area contributed by atoms with Gasteiger partial charge in [-0.1, -0.05) is 54.6 Å². The van der Waals surface area contributed by atoms with Gasteiger partial charge in [-0.25, -0.2) is 4.90 Å². The van der Waals surface area contributed by atoms with Gasteiger partial charge in [0.25, 0.3) is 11.8 Å². The van der Waals surface area contributed by atoms with Crippen LogP contribution in [-0.2, 0) is 9.59 Å². The largest absolute Gasteiger partial charge is 0.319 e. The zero-order chi connectivity index (χ0) is 20.4. The predicted molar refractivity (Wildman–Crippen MR) is 113 cm³/mol. The number of imide groups is 1. The Hall–Kier alpha value is -3.25. The van der Waals surface area contributed by atoms with E-state index >= 15 is 0 Å². The van der Waals surface area contributed by atoms with Gasteiger partial charge in [-0.05, 0) is 36.1 Å². The Morgan fingerprint density at radius 1 is 1.00 bits per heavy atom. The average molecular weight is 404 g/mol. The van der Waals surface area contributed by atoms with Crippen molar-refractivity contribution in [3.8, 4) is 0 Å². The molecule has 2 heterocycles. The van der Waals surface area contributed by atoms with Crippen molar-refractivity contribution < 1.29 is 14.4 Å². The van der Waals surface area contributed by atoms with Gasteiger partial charge in [0, 0.05) is 0 Å². The number of carbonyl (C=O) groups excluding carboxylic acids is 3. The molecule has 0 radical (unpaired) electrons. The fourth-order valence-corrected chi connectivity index (χ4v) is 4.36. The number of para-hydroxylation sites is 1. The minimum atomic E-state index is -0.840. The van der Waals surface area contributed by atoms with E-state index in [-0.39, 0.29) is 30.2 Å². The average Bonchev–Trinajstić information content (AvgIpc) is 3.38. The van der Waals surface area contributed by atoms with Crippen LogP contribution in [0.3, 0.4) is 0 Å². The number of amides is 3. The Morgan fingerprint density at radius 3 is 2.28 bits per heavy atom. The van der Waals surface area contributed by atoms with Crippen LogP contribution < -0.4 is 4.90 Å². The van der Waals surface area contributed by atoms with Crippen molar-refractivity contribution in [2.75, 3.05) is 4.90 Å². The first kappa shape index (κ1) is 19.1. The summed E-state index contributed by atoms with van der Waals surface area (Å²) in [6.07, 6.45) is -0.0258. The van der Waals surface area contributed by atoms with Gasteiger partial charge in [0.1, 0.15) is 6.04 Å². The van der Waals surface area contributed by atoms with E-state index < -0.39 is 6.04 Å². The first-order chi connectivity index (χ1) is 14.1. The maximum absolute atomic E-state index is 13.4. The van der Waals surface area contributed by atoms with Crippen molar-refractivity contribution in [1.29, 1.82) is 0 Å². The van der Waals surface area contributed by atoms with Crippen molar-refractivity contribution in [2.24, 2.45) is 0 Å². The van der Waals surface area contributed by atoms with Crippen LogP contribution in [0.1, 0.15) is 34.6 Å². The van der Waals surface area contributed by atoms with Crippen LogP contribution in [0.25, 0.3) is 0 Å². The van der Waals surface area contributed by atoms with Gasteiger partial charge in [-0.15, -0.1) is 11.3 Å². The number of anilines is 1. The summed E-state index contributed by atoms with van der Waals surface area (Å²) in [7, 11) is 0. The first-order valence-corrected chi connectivity index (χ1v) is 10.3. The number of hydrogen-bond donors (Lipinski definition) is 0. The number of carbonyl (C=O) groups is 3. The molecule has 2 unspecified atom stereocenters. The molecule has 0 spiro atoms. The smallest absolute Gasteiger partial charge is 0.265 e. The molecular weight excluding hydrogens is 384 g/mol. The molecule has 0 bridgehead atoms. The summed E-state index contributed by atoms with van der Waals surface area (Å²) in [5.74, 6) is -0.901. The van der Waals surface area contributed by atoms with Gasteiger partial charge in [0.05, 0.1) is 23.0 Å². The molecule has 0 aliphatic carbocycles. The fraction of sp³-hybridized carbons (Fsp3) is 0.174. The SMILES string of the molecule is CC(c1ccccc1)N(C(=O)c1cccs1)C1CC(=O)N(c2ccccc2)C1=O. The zero-order valence-electron chi connectivity index (χ0n) is 15.9. The van der Waals surface area contributed by atoms with Gasteiger partial charge in [0.15, 0.2) is 0 Å². The van der Waals surface area contributed by atoms with E-state index in [9.17, 15) is 14.4 Å². The molecule has 2 aromatic carbocycles. The molecule has 1 aliphatic heterocycles. The monoisotopic (exact) mass is 404 g/mol. The lowest BCUT2D eigenvalue weighted by molar-refractivity contribution is -0.122. The first-order valence-electron chi connectivity index (χ1n) is 9.41. The number of hydrogen-bond acceptors (Lipinski definition) is 4. The third-order valence-electron chi connectivity index (χ3n) is 5.14. The molecule has 6 heteroatoms. The van der Waals surface area contributed by atoms with Crippen LogP contribution in [0.4, 0.5) is 5.69 Å². The van der Waals surface area contributed by atoms with Gasteiger partial charge in [0.2, 0.25) is 5.91 Å². The Bertz CT molecular complexity index is 1020. The number of benzene rings is 2. The quantitative estimate of drug-likeness (QED) is 0.596. The Balaban J connectivity index is 1.72. The molecule has 3 aromatic rings. The van der Waals surface area contributed by atoms with Crippen LogP contribution in [0.15, 0.2) is 78.2 Å². The normalized spacial score (nSPS) is 17.4. The van der Waals surface area contributed by atoms with E-state index in [1.807, 2.05) is 48.7 Å². The molecule has 1 aromatic heterocycles. The van der Waals surface area contributed by atoms with E-state index in [1.165, 1.54) is 16.2 Å². The van der Waals surface area contributed by atoms with Crippen LogP contribution in [0, 0.1) is 0 Å². The standard InChI is InChI=1S/C23H20N2O3S/c1-16(17-9-4-2-5-10-17)24(23(28)20-13-8-14-29-20)19-15-21(26)25(22(19)27)18-11-6-3-7-12-18/h2-14,16,19H,15H2,1H3. The van der Waals surface area contributed by atoms with Crippen LogP contribution in [0.5, 0.6) is 0 Å². The summed E-state index contributed by atoms with van der Waals surface area (Å²) >= 11 is 1.33. The highest BCUT2D eigenvalue weighted by Gasteiger charge is 2.46. The molecule has 0 N–H and O–H groups in total. The molecule has 29 heavy (non-hydrogen) atoms. The molecule has 3 amide bonds. The molecule has 4 rings (SSSR count). The molecule has 1 saturated heterocycles. The number of thiophene rings is 1. The minimum Gasteiger partial charge on any atom is -0.319 e. The second-order valence-corrected chi connectivity index (χ2v) is 7.85. The molecule has 5 nitrogen and oxygen atoms in total. The van der Waals surface area contributed by atoms with E-state index in [0.717, 1.165) is 5.56 Å². The zero-order valence-corrected chi connectivity index (χ0v) is 16.7. The fourth-order valence-electron chi connectivity index (χ4n) is 3.69. The highest BCUT2D eigenvalue weighted by atomic mass is 32.1. The van der Waals surface area contributed by atoms with Crippen LogP contribution in [0.2, 0.25) is 0 Å². The summed E-state index contributed by atoms with van der Waals surface area (Å²) < 4.78 is 0. The maximum Gasteiger partial charge on any atom is 0.265 e. The van der Waals surface area contributed by atoms with Gasteiger partial charge in [-0.2, -0.15) is 0 Å². The van der Waals surface area contributed by atoms with Crippen molar-refractivity contribution >= 4 is 34.7 Å². The lowest BCUT2D eigenvalue weighted by atomic mass is 10.0. The Morgan fingerprint density at radius 2 is 1.66 bits per heavy atom. The van der Waals surface area contributed by atoms with Crippen molar-refractivity contribution in [1.82, 2.24) is 4.90 Å². The summed E-state index contributed by atoms with van der Waals surface area (Å²) in [6, 6.07) is 20.8.